The number of rotatable bonds is 5. The number of aromatic nitrogens is 2. The Morgan fingerprint density at radius 3 is 3.07 bits per heavy atom. The molecule has 0 aromatic carbocycles. The fraction of sp³-hybridized carbons (Fsp3) is 0.556. The first-order valence-electron chi connectivity index (χ1n) is 4.60. The summed E-state index contributed by atoms with van der Waals surface area (Å²) in [6.07, 6.45) is 2.23. The summed E-state index contributed by atoms with van der Waals surface area (Å²) < 4.78 is 1.73. The zero-order chi connectivity index (χ0) is 10.4. The van der Waals surface area contributed by atoms with Gasteiger partial charge in [-0.25, -0.2) is 0 Å². The second kappa shape index (κ2) is 5.39. The van der Waals surface area contributed by atoms with Crippen LogP contribution in [0.5, 0.6) is 0 Å². The van der Waals surface area contributed by atoms with Crippen LogP contribution in [0, 0.1) is 6.92 Å². The number of carbonyl (C=O) groups is 1. The number of aliphatic hydroxyl groups excluding tert-OH is 1. The lowest BCUT2D eigenvalue weighted by Gasteiger charge is -2.02. The molecule has 0 unspecified atom stereocenters. The second-order valence-corrected chi connectivity index (χ2v) is 3.04. The lowest BCUT2D eigenvalue weighted by molar-refractivity contribution is -0.121. The Hall–Kier alpha value is -1.36. The summed E-state index contributed by atoms with van der Waals surface area (Å²) >= 11 is 0. The van der Waals surface area contributed by atoms with Gasteiger partial charge in [0.2, 0.25) is 5.91 Å². The molecular weight excluding hydrogens is 182 g/mol. The standard InChI is InChI=1S/C9H15N3O2/c1-8-2-5-12(11-8)6-3-9(14)10-4-7-13/h2,5,13H,3-4,6-7H2,1H3,(H,10,14). The molecule has 1 amide bonds. The second-order valence-electron chi connectivity index (χ2n) is 3.04. The Labute approximate surface area is 82.7 Å². The van der Waals surface area contributed by atoms with Gasteiger partial charge < -0.3 is 10.4 Å². The van der Waals surface area contributed by atoms with Crippen molar-refractivity contribution in [3.63, 3.8) is 0 Å². The molecule has 1 rings (SSSR count). The topological polar surface area (TPSA) is 67.2 Å². The average Bonchev–Trinajstić information content (AvgIpc) is 2.58. The quantitative estimate of drug-likeness (QED) is 0.680. The molecule has 0 saturated carbocycles. The van der Waals surface area contributed by atoms with Gasteiger partial charge in [0.25, 0.3) is 0 Å². The fourth-order valence-corrected chi connectivity index (χ4v) is 1.09. The molecule has 0 spiro atoms. The number of nitrogens with one attached hydrogen (secondary N) is 1. The molecule has 1 heterocycles. The highest BCUT2D eigenvalue weighted by Crippen LogP contribution is 1.94. The van der Waals surface area contributed by atoms with Crippen molar-refractivity contribution >= 4 is 5.91 Å². The number of carbonyl (C=O) groups excluding carboxylic acids is 1. The Balaban J connectivity index is 2.23. The number of aliphatic hydroxyl groups is 1. The smallest absolute Gasteiger partial charge is 0.221 e. The molecule has 2 N–H and O–H groups in total. The van der Waals surface area contributed by atoms with E-state index in [4.69, 9.17) is 5.11 Å². The Kier molecular flexibility index (Phi) is 4.12. The van der Waals surface area contributed by atoms with Gasteiger partial charge in [0, 0.05) is 25.7 Å². The summed E-state index contributed by atoms with van der Waals surface area (Å²) in [5.41, 5.74) is 0.945. The molecule has 14 heavy (non-hydrogen) atoms. The van der Waals surface area contributed by atoms with E-state index in [1.807, 2.05) is 19.2 Å². The molecule has 5 nitrogen and oxygen atoms in total. The first kappa shape index (κ1) is 10.7. The van der Waals surface area contributed by atoms with E-state index in [9.17, 15) is 4.79 Å². The maximum Gasteiger partial charge on any atom is 0.221 e. The maximum absolute atomic E-state index is 11.1. The van der Waals surface area contributed by atoms with E-state index in [1.165, 1.54) is 0 Å². The van der Waals surface area contributed by atoms with Gasteiger partial charge in [0.1, 0.15) is 0 Å². The maximum atomic E-state index is 11.1. The SMILES string of the molecule is Cc1ccn(CCC(=O)NCCO)n1. The van der Waals surface area contributed by atoms with Crippen LogP contribution in [0.1, 0.15) is 12.1 Å². The highest BCUT2D eigenvalue weighted by atomic mass is 16.3. The summed E-state index contributed by atoms with van der Waals surface area (Å²) in [5, 5.41) is 15.2. The van der Waals surface area contributed by atoms with Crippen molar-refractivity contribution in [3.05, 3.63) is 18.0 Å². The fourth-order valence-electron chi connectivity index (χ4n) is 1.09. The van der Waals surface area contributed by atoms with Crippen molar-refractivity contribution in [2.75, 3.05) is 13.2 Å². The predicted octanol–water partition coefficient (Wildman–Crippen LogP) is -0.310. The summed E-state index contributed by atoms with van der Waals surface area (Å²) in [5.74, 6) is -0.0628. The minimum Gasteiger partial charge on any atom is -0.395 e. The molecular formula is C9H15N3O2. The molecule has 0 aliphatic carbocycles. The van der Waals surface area contributed by atoms with Crippen LogP contribution in [0.15, 0.2) is 12.3 Å². The zero-order valence-electron chi connectivity index (χ0n) is 8.23. The van der Waals surface area contributed by atoms with E-state index >= 15 is 0 Å². The Bertz CT molecular complexity index is 296. The van der Waals surface area contributed by atoms with Crippen LogP contribution in [0.2, 0.25) is 0 Å². The summed E-state index contributed by atoms with van der Waals surface area (Å²) in [6, 6.07) is 1.89. The van der Waals surface area contributed by atoms with Gasteiger partial charge in [-0.2, -0.15) is 5.10 Å². The van der Waals surface area contributed by atoms with Gasteiger partial charge in [-0.1, -0.05) is 0 Å². The van der Waals surface area contributed by atoms with E-state index in [1.54, 1.807) is 4.68 Å². The van der Waals surface area contributed by atoms with Gasteiger partial charge in [-0.3, -0.25) is 9.48 Å². The van der Waals surface area contributed by atoms with E-state index in [0.717, 1.165) is 5.69 Å². The van der Waals surface area contributed by atoms with E-state index < -0.39 is 0 Å². The number of aryl methyl sites for hydroxylation is 2. The van der Waals surface area contributed by atoms with Crippen LogP contribution in [0.3, 0.4) is 0 Å². The highest BCUT2D eigenvalue weighted by molar-refractivity contribution is 5.75. The van der Waals surface area contributed by atoms with E-state index in [0.29, 0.717) is 19.5 Å². The number of hydrogen-bond acceptors (Lipinski definition) is 3. The largest absolute Gasteiger partial charge is 0.395 e. The van der Waals surface area contributed by atoms with Gasteiger partial charge in [-0.05, 0) is 13.0 Å². The first-order chi connectivity index (χ1) is 6.72. The molecule has 5 heteroatoms. The lowest BCUT2D eigenvalue weighted by Crippen LogP contribution is -2.27. The minimum atomic E-state index is -0.0628. The molecule has 0 atom stereocenters. The molecule has 0 radical (unpaired) electrons. The first-order valence-corrected chi connectivity index (χ1v) is 4.60. The molecule has 0 fully saturated rings. The van der Waals surface area contributed by atoms with E-state index in [-0.39, 0.29) is 12.5 Å². The molecule has 78 valence electrons. The van der Waals surface area contributed by atoms with Crippen LogP contribution >= 0.6 is 0 Å². The third-order valence-electron chi connectivity index (χ3n) is 1.78. The predicted molar refractivity (Wildman–Crippen MR) is 51.7 cm³/mol. The average molecular weight is 197 g/mol. The zero-order valence-corrected chi connectivity index (χ0v) is 8.23. The molecule has 1 aromatic rings. The number of hydrogen-bond donors (Lipinski definition) is 2. The molecule has 1 aromatic heterocycles. The van der Waals surface area contributed by atoms with Crippen molar-refractivity contribution < 1.29 is 9.90 Å². The van der Waals surface area contributed by atoms with Gasteiger partial charge in [-0.15, -0.1) is 0 Å². The minimum absolute atomic E-state index is 0.0212. The van der Waals surface area contributed by atoms with Crippen LogP contribution in [-0.4, -0.2) is 33.9 Å². The molecule has 0 aliphatic rings. The van der Waals surface area contributed by atoms with Crippen molar-refractivity contribution in [2.24, 2.45) is 0 Å². The van der Waals surface area contributed by atoms with Crippen LogP contribution in [0.4, 0.5) is 0 Å². The third-order valence-corrected chi connectivity index (χ3v) is 1.78. The van der Waals surface area contributed by atoms with Gasteiger partial charge in [0.15, 0.2) is 0 Å². The van der Waals surface area contributed by atoms with Gasteiger partial charge >= 0.3 is 0 Å². The van der Waals surface area contributed by atoms with Crippen molar-refractivity contribution in [1.29, 1.82) is 0 Å². The van der Waals surface area contributed by atoms with Crippen molar-refractivity contribution in [2.45, 2.75) is 19.9 Å². The molecule has 0 saturated heterocycles. The van der Waals surface area contributed by atoms with Crippen molar-refractivity contribution in [1.82, 2.24) is 15.1 Å². The lowest BCUT2D eigenvalue weighted by atomic mass is 10.4. The normalized spacial score (nSPS) is 10.1. The van der Waals surface area contributed by atoms with Crippen LogP contribution in [0.25, 0.3) is 0 Å². The molecule has 0 bridgehead atoms. The van der Waals surface area contributed by atoms with Crippen LogP contribution < -0.4 is 5.32 Å². The van der Waals surface area contributed by atoms with E-state index in [2.05, 4.69) is 10.4 Å². The third kappa shape index (κ3) is 3.57. The molecule has 0 aliphatic heterocycles. The van der Waals surface area contributed by atoms with Crippen molar-refractivity contribution in [3.8, 4) is 0 Å². The summed E-state index contributed by atoms with van der Waals surface area (Å²) in [4.78, 5) is 11.1. The monoisotopic (exact) mass is 197 g/mol. The summed E-state index contributed by atoms with van der Waals surface area (Å²) in [6.45, 7) is 2.77. The van der Waals surface area contributed by atoms with Crippen LogP contribution in [-0.2, 0) is 11.3 Å². The Morgan fingerprint density at radius 1 is 1.71 bits per heavy atom. The highest BCUT2D eigenvalue weighted by Gasteiger charge is 2.01. The summed E-state index contributed by atoms with van der Waals surface area (Å²) in [7, 11) is 0. The number of amides is 1. The number of nitrogens with zero attached hydrogens (tertiary/aromatic N) is 2. The van der Waals surface area contributed by atoms with Gasteiger partial charge in [0.05, 0.1) is 12.3 Å². The Morgan fingerprint density at radius 2 is 2.50 bits per heavy atom.